The van der Waals surface area contributed by atoms with Crippen molar-refractivity contribution in [3.63, 3.8) is 0 Å². The maximum atomic E-state index is 12.5. The number of amides is 1. The van der Waals surface area contributed by atoms with Crippen LogP contribution in [0.5, 0.6) is 0 Å². The second-order valence-electron chi connectivity index (χ2n) is 5.96. The van der Waals surface area contributed by atoms with E-state index in [1.54, 1.807) is 16.9 Å². The van der Waals surface area contributed by atoms with Gasteiger partial charge in [0.1, 0.15) is 5.82 Å². The molecule has 3 rings (SSSR count). The number of pyridine rings is 1. The minimum atomic E-state index is -4.41. The number of aromatic nitrogens is 3. The number of rotatable bonds is 6. The van der Waals surface area contributed by atoms with Crippen LogP contribution in [0, 0.1) is 5.92 Å². The van der Waals surface area contributed by atoms with Crippen molar-refractivity contribution in [1.82, 2.24) is 14.8 Å². The molecule has 0 aromatic carbocycles. The Balaban J connectivity index is 1.54. The predicted molar refractivity (Wildman–Crippen MR) is 88.3 cm³/mol. The monoisotopic (exact) mass is 370 g/mol. The summed E-state index contributed by atoms with van der Waals surface area (Å²) in [5, 5.41) is 7.41. The van der Waals surface area contributed by atoms with Crippen molar-refractivity contribution < 1.29 is 18.0 Å². The van der Waals surface area contributed by atoms with Gasteiger partial charge in [-0.3, -0.25) is 4.79 Å². The maximum Gasteiger partial charge on any atom is 0.417 e. The molecule has 1 N–H and O–H groups in total. The van der Waals surface area contributed by atoms with Crippen molar-refractivity contribution in [3.8, 4) is 0 Å². The average Bonchev–Trinajstić information content (AvgIpc) is 3.32. The molecule has 1 amide bonds. The lowest BCUT2D eigenvalue weighted by Gasteiger charge is -2.15. The highest BCUT2D eigenvalue weighted by Crippen LogP contribution is 2.40. The largest absolute Gasteiger partial charge is 0.417 e. The molecule has 1 saturated carbocycles. The molecule has 1 fully saturated rings. The molecule has 2 heterocycles. The molecule has 0 radical (unpaired) electrons. The Morgan fingerprint density at radius 2 is 2.16 bits per heavy atom. The topological polar surface area (TPSA) is 59.8 Å². The number of halogens is 3. The van der Waals surface area contributed by atoms with Crippen molar-refractivity contribution in [2.75, 3.05) is 11.1 Å². The first kappa shape index (κ1) is 17.8. The highest BCUT2D eigenvalue weighted by Gasteiger charge is 2.31. The maximum absolute atomic E-state index is 12.5. The molecule has 0 bridgehead atoms. The molecule has 25 heavy (non-hydrogen) atoms. The van der Waals surface area contributed by atoms with E-state index in [0.29, 0.717) is 16.8 Å². The summed E-state index contributed by atoms with van der Waals surface area (Å²) < 4.78 is 39.3. The molecule has 2 aromatic heterocycles. The summed E-state index contributed by atoms with van der Waals surface area (Å²) in [5.41, 5.74) is -0.806. The molecule has 0 saturated heterocycles. The van der Waals surface area contributed by atoms with Gasteiger partial charge in [-0.05, 0) is 37.8 Å². The highest BCUT2D eigenvalue weighted by molar-refractivity contribution is 7.99. The van der Waals surface area contributed by atoms with E-state index in [2.05, 4.69) is 22.3 Å². The minimum Gasteiger partial charge on any atom is -0.310 e. The number of nitrogens with zero attached hydrogens (tertiary/aromatic N) is 3. The summed E-state index contributed by atoms with van der Waals surface area (Å²) in [7, 11) is 0. The zero-order valence-electron chi connectivity index (χ0n) is 13.5. The number of nitrogens with one attached hydrogen (secondary N) is 1. The fourth-order valence-corrected chi connectivity index (χ4v) is 3.11. The third-order valence-electron chi connectivity index (χ3n) is 4.04. The van der Waals surface area contributed by atoms with Crippen LogP contribution in [0.1, 0.15) is 31.4 Å². The summed E-state index contributed by atoms with van der Waals surface area (Å²) >= 11 is 1.08. The molecule has 1 aliphatic carbocycles. The van der Waals surface area contributed by atoms with E-state index in [-0.39, 0.29) is 17.7 Å². The van der Waals surface area contributed by atoms with Gasteiger partial charge in [-0.2, -0.15) is 18.3 Å². The van der Waals surface area contributed by atoms with Gasteiger partial charge in [0.2, 0.25) is 5.91 Å². The lowest BCUT2D eigenvalue weighted by Crippen LogP contribution is -2.19. The SMILES string of the molecule is CC(C1CC1)n1nccc1NC(=O)CSc1ccc(C(F)(F)F)cn1. The van der Waals surface area contributed by atoms with E-state index in [9.17, 15) is 18.0 Å². The molecule has 1 unspecified atom stereocenters. The summed E-state index contributed by atoms with van der Waals surface area (Å²) in [4.78, 5) is 15.8. The van der Waals surface area contributed by atoms with Gasteiger partial charge in [-0.25, -0.2) is 9.67 Å². The highest BCUT2D eigenvalue weighted by atomic mass is 32.2. The second-order valence-corrected chi connectivity index (χ2v) is 6.95. The number of hydrogen-bond acceptors (Lipinski definition) is 4. The van der Waals surface area contributed by atoms with Crippen molar-refractivity contribution >= 4 is 23.5 Å². The Morgan fingerprint density at radius 3 is 2.76 bits per heavy atom. The van der Waals surface area contributed by atoms with Crippen molar-refractivity contribution in [2.24, 2.45) is 5.92 Å². The Morgan fingerprint density at radius 1 is 1.40 bits per heavy atom. The Hall–Kier alpha value is -2.03. The van der Waals surface area contributed by atoms with Gasteiger partial charge in [0.05, 0.1) is 28.6 Å². The number of carbonyl (C=O) groups excluding carboxylic acids is 1. The van der Waals surface area contributed by atoms with E-state index >= 15 is 0 Å². The molecule has 134 valence electrons. The Kier molecular flexibility index (Phi) is 5.03. The molecular weight excluding hydrogens is 353 g/mol. The van der Waals surface area contributed by atoms with E-state index < -0.39 is 11.7 Å². The van der Waals surface area contributed by atoms with Crippen LogP contribution in [0.15, 0.2) is 35.6 Å². The normalized spacial score (nSPS) is 15.8. The summed E-state index contributed by atoms with van der Waals surface area (Å²) in [6, 6.07) is 4.19. The zero-order chi connectivity index (χ0) is 18.0. The van der Waals surface area contributed by atoms with Crippen LogP contribution in [0.25, 0.3) is 0 Å². The molecule has 0 spiro atoms. The molecule has 2 aromatic rings. The van der Waals surface area contributed by atoms with Gasteiger partial charge in [-0.15, -0.1) is 0 Å². The summed E-state index contributed by atoms with van der Waals surface area (Å²) in [6.45, 7) is 2.07. The van der Waals surface area contributed by atoms with E-state index in [1.165, 1.54) is 18.9 Å². The number of thioether (sulfide) groups is 1. The smallest absolute Gasteiger partial charge is 0.310 e. The van der Waals surface area contributed by atoms with Gasteiger partial charge >= 0.3 is 6.18 Å². The standard InChI is InChI=1S/C16H17F3N4OS/c1-10(11-2-3-11)23-13(6-7-21-23)22-14(24)9-25-15-5-4-12(8-20-15)16(17,18)19/h4-8,10-11H,2-3,9H2,1H3,(H,22,24). The van der Waals surface area contributed by atoms with Crippen LogP contribution in [0.4, 0.5) is 19.0 Å². The molecule has 5 nitrogen and oxygen atoms in total. The minimum absolute atomic E-state index is 0.0569. The van der Waals surface area contributed by atoms with Crippen molar-refractivity contribution in [2.45, 2.75) is 37.0 Å². The van der Waals surface area contributed by atoms with Crippen LogP contribution in [-0.4, -0.2) is 26.4 Å². The van der Waals surface area contributed by atoms with Gasteiger partial charge in [0.15, 0.2) is 0 Å². The molecular formula is C16H17F3N4OS. The number of alkyl halides is 3. The molecule has 9 heteroatoms. The summed E-state index contributed by atoms with van der Waals surface area (Å²) in [5.74, 6) is 1.03. The second kappa shape index (κ2) is 7.07. The van der Waals surface area contributed by atoms with Gasteiger partial charge in [0, 0.05) is 12.3 Å². The molecule has 1 aliphatic rings. The van der Waals surface area contributed by atoms with Gasteiger partial charge in [-0.1, -0.05) is 11.8 Å². The van der Waals surface area contributed by atoms with E-state index in [1.807, 2.05) is 0 Å². The first-order valence-electron chi connectivity index (χ1n) is 7.84. The van der Waals surface area contributed by atoms with Crippen LogP contribution >= 0.6 is 11.8 Å². The first-order valence-corrected chi connectivity index (χ1v) is 8.82. The fourth-order valence-electron chi connectivity index (χ4n) is 2.47. The van der Waals surface area contributed by atoms with E-state index in [0.717, 1.165) is 24.0 Å². The molecule has 1 atom stereocenters. The van der Waals surface area contributed by atoms with Crippen LogP contribution in [-0.2, 0) is 11.0 Å². The third kappa shape index (κ3) is 4.53. The van der Waals surface area contributed by atoms with Crippen LogP contribution < -0.4 is 5.32 Å². The Labute approximate surface area is 147 Å². The van der Waals surface area contributed by atoms with Crippen molar-refractivity contribution in [3.05, 3.63) is 36.2 Å². The summed E-state index contributed by atoms with van der Waals surface area (Å²) in [6.07, 6.45) is 0.337. The lowest BCUT2D eigenvalue weighted by atomic mass is 10.2. The third-order valence-corrected chi connectivity index (χ3v) is 4.99. The van der Waals surface area contributed by atoms with E-state index in [4.69, 9.17) is 0 Å². The van der Waals surface area contributed by atoms with Crippen LogP contribution in [0.2, 0.25) is 0 Å². The Bertz CT molecular complexity index is 741. The van der Waals surface area contributed by atoms with Crippen molar-refractivity contribution in [1.29, 1.82) is 0 Å². The predicted octanol–water partition coefficient (Wildman–Crippen LogP) is 4.00. The number of anilines is 1. The zero-order valence-corrected chi connectivity index (χ0v) is 14.3. The average molecular weight is 370 g/mol. The quantitative estimate of drug-likeness (QED) is 0.781. The van der Waals surface area contributed by atoms with Gasteiger partial charge in [0.25, 0.3) is 0 Å². The number of hydrogen-bond donors (Lipinski definition) is 1. The first-order chi connectivity index (χ1) is 11.8. The lowest BCUT2D eigenvalue weighted by molar-refractivity contribution is -0.137. The van der Waals surface area contributed by atoms with Gasteiger partial charge < -0.3 is 5.32 Å². The molecule has 0 aliphatic heterocycles. The van der Waals surface area contributed by atoms with Crippen LogP contribution in [0.3, 0.4) is 0 Å². The number of carbonyl (C=O) groups is 1. The fraction of sp³-hybridized carbons (Fsp3) is 0.438.